The van der Waals surface area contributed by atoms with Gasteiger partial charge in [-0.15, -0.1) is 0 Å². The second-order valence-electron chi connectivity index (χ2n) is 8.76. The van der Waals surface area contributed by atoms with E-state index in [0.29, 0.717) is 21.3 Å². The van der Waals surface area contributed by atoms with Crippen LogP contribution in [0.25, 0.3) is 0 Å². The second kappa shape index (κ2) is 13.4. The zero-order valence-corrected chi connectivity index (χ0v) is 23.9. The zero-order chi connectivity index (χ0) is 27.9. The largest absolute Gasteiger partial charge is 0.352 e. The van der Waals surface area contributed by atoms with E-state index >= 15 is 0 Å². The van der Waals surface area contributed by atoms with Crippen LogP contribution in [0.5, 0.6) is 0 Å². The molecule has 12 heteroatoms. The Morgan fingerprint density at radius 1 is 1.03 bits per heavy atom. The molecular weight excluding hydrogens is 542 g/mol. The van der Waals surface area contributed by atoms with Gasteiger partial charge in [-0.25, -0.2) is 8.70 Å². The summed E-state index contributed by atoms with van der Waals surface area (Å²) in [6, 6.07) is 9.05. The number of halogens is 3. The highest BCUT2D eigenvalue weighted by Crippen LogP contribution is 2.26. The van der Waals surface area contributed by atoms with Gasteiger partial charge in [0.05, 0.1) is 15.7 Å². The van der Waals surface area contributed by atoms with Crippen molar-refractivity contribution in [2.45, 2.75) is 52.2 Å². The molecule has 0 saturated heterocycles. The van der Waals surface area contributed by atoms with E-state index in [1.54, 1.807) is 25.1 Å². The van der Waals surface area contributed by atoms with Gasteiger partial charge in [-0.3, -0.25) is 9.59 Å². The SMILES string of the molecule is CCC(C)NC(=O)C(CC)N(Cc1ccc(Cl)c(Cl)c1)C(=O)CN(c1ccccc1F)S(=O)(=O)N(C)C. The van der Waals surface area contributed by atoms with Crippen molar-refractivity contribution in [2.24, 2.45) is 0 Å². The summed E-state index contributed by atoms with van der Waals surface area (Å²) in [4.78, 5) is 28.2. The Morgan fingerprint density at radius 3 is 2.22 bits per heavy atom. The molecule has 204 valence electrons. The quantitative estimate of drug-likeness (QED) is 0.405. The molecule has 0 aliphatic rings. The molecule has 37 heavy (non-hydrogen) atoms. The van der Waals surface area contributed by atoms with Crippen molar-refractivity contribution in [3.63, 3.8) is 0 Å². The minimum absolute atomic E-state index is 0.0464. The highest BCUT2D eigenvalue weighted by atomic mass is 35.5. The van der Waals surface area contributed by atoms with Gasteiger partial charge < -0.3 is 10.2 Å². The number of rotatable bonds is 12. The van der Waals surface area contributed by atoms with E-state index in [-0.39, 0.29) is 35.6 Å². The molecule has 0 bridgehead atoms. The summed E-state index contributed by atoms with van der Waals surface area (Å²) in [6.07, 6.45) is 0.945. The average Bonchev–Trinajstić information content (AvgIpc) is 2.84. The van der Waals surface area contributed by atoms with Gasteiger partial charge in [0.15, 0.2) is 0 Å². The minimum Gasteiger partial charge on any atom is -0.352 e. The Hall–Kier alpha value is -2.40. The van der Waals surface area contributed by atoms with Crippen LogP contribution in [-0.2, 0) is 26.3 Å². The number of hydrogen-bond donors (Lipinski definition) is 1. The van der Waals surface area contributed by atoms with Gasteiger partial charge in [0.1, 0.15) is 18.4 Å². The molecule has 0 saturated carbocycles. The Labute approximate surface area is 228 Å². The van der Waals surface area contributed by atoms with Gasteiger partial charge in [0.25, 0.3) is 0 Å². The summed E-state index contributed by atoms with van der Waals surface area (Å²) in [7, 11) is -1.69. The number of nitrogens with one attached hydrogen (secondary N) is 1. The van der Waals surface area contributed by atoms with Crippen LogP contribution in [0.4, 0.5) is 10.1 Å². The molecule has 2 rings (SSSR count). The fourth-order valence-corrected chi connectivity index (χ4v) is 4.94. The van der Waals surface area contributed by atoms with Crippen molar-refractivity contribution < 1.29 is 22.4 Å². The molecule has 2 aromatic carbocycles. The normalized spacial score (nSPS) is 13.2. The van der Waals surface area contributed by atoms with Crippen molar-refractivity contribution in [2.75, 3.05) is 24.9 Å². The molecule has 0 fully saturated rings. The summed E-state index contributed by atoms with van der Waals surface area (Å²) in [5, 5.41) is 3.48. The number of amides is 2. The predicted molar refractivity (Wildman–Crippen MR) is 145 cm³/mol. The predicted octanol–water partition coefficient (Wildman–Crippen LogP) is 4.47. The Balaban J connectivity index is 2.54. The third kappa shape index (κ3) is 7.80. The van der Waals surface area contributed by atoms with Crippen LogP contribution in [-0.4, -0.2) is 62.2 Å². The van der Waals surface area contributed by atoms with E-state index in [1.807, 2.05) is 13.8 Å². The van der Waals surface area contributed by atoms with Gasteiger partial charge in [-0.05, 0) is 49.6 Å². The average molecular weight is 576 g/mol. The lowest BCUT2D eigenvalue weighted by atomic mass is 10.1. The van der Waals surface area contributed by atoms with Gasteiger partial charge >= 0.3 is 10.2 Å². The highest BCUT2D eigenvalue weighted by Gasteiger charge is 2.35. The molecule has 8 nitrogen and oxygen atoms in total. The maximum absolute atomic E-state index is 14.7. The van der Waals surface area contributed by atoms with E-state index in [4.69, 9.17) is 23.2 Å². The molecule has 0 aromatic heterocycles. The van der Waals surface area contributed by atoms with Crippen LogP contribution < -0.4 is 9.62 Å². The summed E-state index contributed by atoms with van der Waals surface area (Å²) >= 11 is 12.2. The molecular formula is C25H33Cl2FN4O4S. The number of hydrogen-bond acceptors (Lipinski definition) is 4. The molecule has 0 aliphatic carbocycles. The summed E-state index contributed by atoms with van der Waals surface area (Å²) < 4.78 is 42.6. The fourth-order valence-electron chi connectivity index (χ4n) is 3.55. The van der Waals surface area contributed by atoms with E-state index < -0.39 is 34.5 Å². The first-order chi connectivity index (χ1) is 17.3. The second-order valence-corrected chi connectivity index (χ2v) is 11.6. The first-order valence-electron chi connectivity index (χ1n) is 11.8. The van der Waals surface area contributed by atoms with Crippen LogP contribution in [0.2, 0.25) is 10.0 Å². The number of para-hydroxylation sites is 1. The van der Waals surface area contributed by atoms with Crippen molar-refractivity contribution in [3.8, 4) is 0 Å². The molecule has 2 unspecified atom stereocenters. The maximum atomic E-state index is 14.7. The van der Waals surface area contributed by atoms with E-state index in [0.717, 1.165) is 10.4 Å². The van der Waals surface area contributed by atoms with E-state index in [9.17, 15) is 22.4 Å². The Kier molecular flexibility index (Phi) is 11.2. The smallest absolute Gasteiger partial charge is 0.304 e. The summed E-state index contributed by atoms with van der Waals surface area (Å²) in [6.45, 7) is 4.74. The Morgan fingerprint density at radius 2 is 1.68 bits per heavy atom. The lowest BCUT2D eigenvalue weighted by Gasteiger charge is -2.34. The highest BCUT2D eigenvalue weighted by molar-refractivity contribution is 7.90. The molecule has 0 heterocycles. The van der Waals surface area contributed by atoms with Gasteiger partial charge in [-0.1, -0.05) is 55.2 Å². The van der Waals surface area contributed by atoms with Crippen molar-refractivity contribution in [1.82, 2.24) is 14.5 Å². The van der Waals surface area contributed by atoms with Crippen LogP contribution in [0.15, 0.2) is 42.5 Å². The number of anilines is 1. The topological polar surface area (TPSA) is 90.0 Å². The van der Waals surface area contributed by atoms with Gasteiger partial charge in [0.2, 0.25) is 11.8 Å². The maximum Gasteiger partial charge on any atom is 0.304 e. The van der Waals surface area contributed by atoms with Gasteiger partial charge in [-0.2, -0.15) is 12.7 Å². The molecule has 0 aliphatic heterocycles. The number of carbonyl (C=O) groups excluding carboxylic acids is 2. The number of carbonyl (C=O) groups is 2. The number of benzene rings is 2. The van der Waals surface area contributed by atoms with Crippen LogP contribution in [0.3, 0.4) is 0 Å². The van der Waals surface area contributed by atoms with E-state index in [2.05, 4.69) is 5.32 Å². The summed E-state index contributed by atoms with van der Waals surface area (Å²) in [5.74, 6) is -1.87. The summed E-state index contributed by atoms with van der Waals surface area (Å²) in [5.41, 5.74) is 0.307. The molecule has 0 radical (unpaired) electrons. The fraction of sp³-hybridized carbons (Fsp3) is 0.440. The molecule has 2 amide bonds. The lowest BCUT2D eigenvalue weighted by Crippen LogP contribution is -2.54. The lowest BCUT2D eigenvalue weighted by molar-refractivity contribution is -0.140. The van der Waals surface area contributed by atoms with E-state index in [1.165, 1.54) is 37.2 Å². The molecule has 0 spiro atoms. The molecule has 2 aromatic rings. The van der Waals surface area contributed by atoms with Crippen molar-refractivity contribution in [3.05, 3.63) is 63.9 Å². The van der Waals surface area contributed by atoms with Crippen molar-refractivity contribution >= 4 is 50.9 Å². The van der Waals surface area contributed by atoms with Crippen LogP contribution in [0.1, 0.15) is 39.2 Å². The monoisotopic (exact) mass is 574 g/mol. The molecule has 1 N–H and O–H groups in total. The van der Waals surface area contributed by atoms with Crippen LogP contribution in [0, 0.1) is 5.82 Å². The van der Waals surface area contributed by atoms with Gasteiger partial charge in [0, 0.05) is 26.7 Å². The van der Waals surface area contributed by atoms with Crippen LogP contribution >= 0.6 is 23.2 Å². The first-order valence-corrected chi connectivity index (χ1v) is 14.0. The van der Waals surface area contributed by atoms with Crippen molar-refractivity contribution in [1.29, 1.82) is 0 Å². The standard InChI is InChI=1S/C25H33Cl2FN4O4S/c1-6-17(3)29-25(34)22(7-2)31(15-18-12-13-19(26)20(27)14-18)24(33)16-32(37(35,36)30(4)5)23-11-9-8-10-21(23)28/h8-14,17,22H,6-7,15-16H2,1-5H3,(H,29,34). The molecule has 2 atom stereocenters. The Bertz CT molecular complexity index is 1210. The minimum atomic E-state index is -4.26. The third-order valence-electron chi connectivity index (χ3n) is 5.86. The first kappa shape index (κ1) is 30.8. The number of nitrogens with zero attached hydrogens (tertiary/aromatic N) is 3. The zero-order valence-electron chi connectivity index (χ0n) is 21.5. The third-order valence-corrected chi connectivity index (χ3v) is 8.41.